The SMILES string of the molecule is CC#C[C@@H](CC1=NNNN1)c1ccc(OCc2ccc3scc(-c4ccc(C5CCS(=O)(=O)CC5)cc4C)c3c2)cc1. The van der Waals surface area contributed by atoms with Crippen LogP contribution < -0.4 is 21.2 Å². The molecule has 7 nitrogen and oxygen atoms in total. The zero-order valence-corrected chi connectivity index (χ0v) is 25.4. The Hall–Kier alpha value is -3.84. The molecule has 2 aliphatic heterocycles. The van der Waals surface area contributed by atoms with Crippen LogP contribution in [0.4, 0.5) is 0 Å². The van der Waals surface area contributed by atoms with Crippen molar-refractivity contribution in [1.82, 2.24) is 16.5 Å². The summed E-state index contributed by atoms with van der Waals surface area (Å²) in [5.41, 5.74) is 15.6. The summed E-state index contributed by atoms with van der Waals surface area (Å²) >= 11 is 1.75. The third-order valence-electron chi connectivity index (χ3n) is 8.06. The van der Waals surface area contributed by atoms with E-state index in [0.717, 1.165) is 22.7 Å². The Morgan fingerprint density at radius 1 is 1.05 bits per heavy atom. The van der Waals surface area contributed by atoms with E-state index in [1.54, 1.807) is 11.3 Å². The predicted octanol–water partition coefficient (Wildman–Crippen LogP) is 6.17. The first kappa shape index (κ1) is 28.3. The number of rotatable bonds is 8. The summed E-state index contributed by atoms with van der Waals surface area (Å²) in [5, 5.41) is 7.63. The maximum Gasteiger partial charge on any atom is 0.150 e. The van der Waals surface area contributed by atoms with Crippen LogP contribution in [0.5, 0.6) is 5.75 Å². The molecule has 6 rings (SSSR count). The fourth-order valence-electron chi connectivity index (χ4n) is 5.74. The molecule has 0 radical (unpaired) electrons. The van der Waals surface area contributed by atoms with Crippen LogP contribution in [0.3, 0.4) is 0 Å². The van der Waals surface area contributed by atoms with E-state index in [9.17, 15) is 8.42 Å². The smallest absolute Gasteiger partial charge is 0.150 e. The number of ether oxygens (including phenoxy) is 1. The minimum atomic E-state index is -2.86. The summed E-state index contributed by atoms with van der Waals surface area (Å²) in [5.74, 6) is 8.87. The van der Waals surface area contributed by atoms with E-state index >= 15 is 0 Å². The number of aryl methyl sites for hydroxylation is 1. The van der Waals surface area contributed by atoms with Gasteiger partial charge in [0.1, 0.15) is 28.0 Å². The molecule has 1 atom stereocenters. The predicted molar refractivity (Wildman–Crippen MR) is 171 cm³/mol. The molecule has 3 N–H and O–H groups in total. The van der Waals surface area contributed by atoms with Crippen LogP contribution in [0.15, 0.2) is 71.1 Å². The summed E-state index contributed by atoms with van der Waals surface area (Å²) in [6.45, 7) is 4.48. The summed E-state index contributed by atoms with van der Waals surface area (Å²) in [6, 6.07) is 21.3. The summed E-state index contributed by atoms with van der Waals surface area (Å²) in [4.78, 5) is 0. The lowest BCUT2D eigenvalue weighted by atomic mass is 9.89. The molecule has 3 heterocycles. The third kappa shape index (κ3) is 6.31. The van der Waals surface area contributed by atoms with Gasteiger partial charge in [0, 0.05) is 22.1 Å². The monoisotopic (exact) mass is 598 g/mol. The van der Waals surface area contributed by atoms with Crippen LogP contribution in [-0.4, -0.2) is 25.8 Å². The lowest BCUT2D eigenvalue weighted by Gasteiger charge is -2.23. The van der Waals surface area contributed by atoms with Gasteiger partial charge in [-0.25, -0.2) is 14.0 Å². The number of fused-ring (bicyclic) bond motifs is 1. The number of benzene rings is 3. The lowest BCUT2D eigenvalue weighted by molar-refractivity contribution is 0.306. The van der Waals surface area contributed by atoms with Crippen molar-refractivity contribution >= 4 is 37.1 Å². The highest BCUT2D eigenvalue weighted by molar-refractivity contribution is 7.91. The van der Waals surface area contributed by atoms with Gasteiger partial charge < -0.3 is 4.74 Å². The molecular weight excluding hydrogens is 565 g/mol. The molecule has 4 aromatic rings. The average molecular weight is 599 g/mol. The van der Waals surface area contributed by atoms with Gasteiger partial charge in [0.2, 0.25) is 0 Å². The molecular formula is C33H34N4O3S2. The molecule has 0 spiro atoms. The molecule has 0 saturated carbocycles. The molecule has 3 aromatic carbocycles. The van der Waals surface area contributed by atoms with Gasteiger partial charge in [0.25, 0.3) is 0 Å². The number of sulfone groups is 1. The Bertz CT molecular complexity index is 1790. The molecule has 42 heavy (non-hydrogen) atoms. The second-order valence-electron chi connectivity index (χ2n) is 10.9. The third-order valence-corrected chi connectivity index (χ3v) is 10.7. The van der Waals surface area contributed by atoms with E-state index in [1.807, 2.05) is 19.1 Å². The fraction of sp³-hybridized carbons (Fsp3) is 0.303. The number of hydrazone groups is 1. The molecule has 0 bridgehead atoms. The van der Waals surface area contributed by atoms with Crippen LogP contribution >= 0.6 is 11.3 Å². The Balaban J connectivity index is 1.15. The van der Waals surface area contributed by atoms with E-state index in [0.29, 0.717) is 43.3 Å². The number of hydrogen-bond acceptors (Lipinski definition) is 8. The van der Waals surface area contributed by atoms with Crippen molar-refractivity contribution < 1.29 is 13.2 Å². The van der Waals surface area contributed by atoms with Crippen LogP contribution in [0.1, 0.15) is 60.3 Å². The zero-order chi connectivity index (χ0) is 29.1. The van der Waals surface area contributed by atoms with Crippen molar-refractivity contribution in [1.29, 1.82) is 0 Å². The summed E-state index contributed by atoms with van der Waals surface area (Å²) in [6.07, 6.45) is 2.10. The van der Waals surface area contributed by atoms with Gasteiger partial charge in [-0.3, -0.25) is 5.43 Å². The van der Waals surface area contributed by atoms with E-state index < -0.39 is 9.84 Å². The van der Waals surface area contributed by atoms with Gasteiger partial charge in [0.05, 0.1) is 17.4 Å². The van der Waals surface area contributed by atoms with Crippen LogP contribution in [0.2, 0.25) is 0 Å². The minimum absolute atomic E-state index is 0.0350. The van der Waals surface area contributed by atoms with Gasteiger partial charge in [-0.1, -0.05) is 42.3 Å². The highest BCUT2D eigenvalue weighted by atomic mass is 32.2. The number of nitrogens with one attached hydrogen (secondary N) is 3. The largest absolute Gasteiger partial charge is 0.489 e. The maximum atomic E-state index is 11.9. The summed E-state index contributed by atoms with van der Waals surface area (Å²) < 4.78 is 31.2. The highest BCUT2D eigenvalue weighted by Crippen LogP contribution is 2.38. The van der Waals surface area contributed by atoms with Gasteiger partial charge in [-0.2, -0.15) is 0 Å². The Morgan fingerprint density at radius 3 is 2.57 bits per heavy atom. The maximum absolute atomic E-state index is 11.9. The van der Waals surface area contributed by atoms with Crippen molar-refractivity contribution in [2.45, 2.75) is 51.6 Å². The first-order valence-corrected chi connectivity index (χ1v) is 16.9. The van der Waals surface area contributed by atoms with Gasteiger partial charge in [-0.15, -0.1) is 27.9 Å². The number of amidine groups is 1. The minimum Gasteiger partial charge on any atom is -0.489 e. The quantitative estimate of drug-likeness (QED) is 0.210. The van der Waals surface area contributed by atoms with E-state index in [2.05, 4.69) is 94.3 Å². The summed E-state index contributed by atoms with van der Waals surface area (Å²) in [7, 11) is -2.86. The second-order valence-corrected chi connectivity index (χ2v) is 14.1. The molecule has 1 fully saturated rings. The topological polar surface area (TPSA) is 91.8 Å². The van der Waals surface area contributed by atoms with Crippen molar-refractivity contribution in [3.05, 3.63) is 88.3 Å². The number of hydrogen-bond donors (Lipinski definition) is 3. The zero-order valence-electron chi connectivity index (χ0n) is 23.7. The Kier molecular flexibility index (Phi) is 8.20. The van der Waals surface area contributed by atoms with E-state index in [-0.39, 0.29) is 5.92 Å². The van der Waals surface area contributed by atoms with Crippen molar-refractivity contribution in [2.24, 2.45) is 5.10 Å². The van der Waals surface area contributed by atoms with E-state index in [4.69, 9.17) is 4.74 Å². The first-order chi connectivity index (χ1) is 20.4. The van der Waals surface area contributed by atoms with Crippen molar-refractivity contribution in [3.8, 4) is 28.7 Å². The van der Waals surface area contributed by atoms with Crippen molar-refractivity contribution in [2.75, 3.05) is 11.5 Å². The highest BCUT2D eigenvalue weighted by Gasteiger charge is 2.25. The normalized spacial score (nSPS) is 17.0. The van der Waals surface area contributed by atoms with Gasteiger partial charge in [-0.05, 0) is 90.1 Å². The molecule has 0 aliphatic carbocycles. The van der Waals surface area contributed by atoms with Crippen LogP contribution in [0.25, 0.3) is 21.2 Å². The first-order valence-electron chi connectivity index (χ1n) is 14.2. The molecule has 2 aliphatic rings. The second kappa shape index (κ2) is 12.2. The number of hydrazine groups is 2. The fourth-order valence-corrected chi connectivity index (χ4v) is 8.18. The molecule has 0 amide bonds. The number of nitrogens with zero attached hydrogens (tertiary/aromatic N) is 1. The lowest BCUT2D eigenvalue weighted by Crippen LogP contribution is -2.35. The van der Waals surface area contributed by atoms with E-state index in [1.165, 1.54) is 32.3 Å². The van der Waals surface area contributed by atoms with Gasteiger partial charge >= 0.3 is 0 Å². The molecule has 0 unspecified atom stereocenters. The number of thiophene rings is 1. The molecule has 1 aromatic heterocycles. The Labute approximate surface area is 251 Å². The standard InChI is InChI=1S/C33H34N4O3S2/c1-3-4-26(19-33-34-36-37-35-33)24-6-9-28(10-7-24)40-20-23-5-12-32-30(18-23)31(21-41-32)29-11-8-27(17-22(29)2)25-13-15-42(38,39)16-14-25/h5-12,17-18,21,25-26,36-37H,13-16,19-20H2,1-2H3,(H,34,35)/t26-/m0/s1. The van der Waals surface area contributed by atoms with Crippen molar-refractivity contribution in [3.63, 3.8) is 0 Å². The molecule has 216 valence electrons. The van der Waals surface area contributed by atoms with Crippen LogP contribution in [-0.2, 0) is 16.4 Å². The van der Waals surface area contributed by atoms with Crippen LogP contribution in [0, 0.1) is 18.8 Å². The van der Waals surface area contributed by atoms with Gasteiger partial charge in [0.15, 0.2) is 0 Å². The Morgan fingerprint density at radius 2 is 1.86 bits per heavy atom. The molecule has 1 saturated heterocycles. The average Bonchev–Trinajstić information content (AvgIpc) is 3.66. The molecule has 9 heteroatoms.